The second kappa shape index (κ2) is 5.63. The Balaban J connectivity index is 2.58. The van der Waals surface area contributed by atoms with Crippen LogP contribution in [0.1, 0.15) is 0 Å². The van der Waals surface area contributed by atoms with E-state index in [1.807, 2.05) is 0 Å². The van der Waals surface area contributed by atoms with Crippen LogP contribution in [0, 0.1) is 0 Å². The topological polar surface area (TPSA) is 46.5 Å². The summed E-state index contributed by atoms with van der Waals surface area (Å²) in [6.45, 7) is 0.131. The molecule has 0 saturated heterocycles. The monoisotopic (exact) mass is 246 g/mol. The summed E-state index contributed by atoms with van der Waals surface area (Å²) in [5.74, 6) is -0.588. The number of rotatable bonds is 4. The molecule has 0 radical (unpaired) electrons. The summed E-state index contributed by atoms with van der Waals surface area (Å²) in [4.78, 5) is 10.1. The highest BCUT2D eigenvalue weighted by Crippen LogP contribution is 2.31. The van der Waals surface area contributed by atoms with Gasteiger partial charge in [0.15, 0.2) is 0 Å². The van der Waals surface area contributed by atoms with Crippen LogP contribution in [-0.4, -0.2) is 17.7 Å². The van der Waals surface area contributed by atoms with Crippen molar-refractivity contribution in [2.24, 2.45) is 0 Å². The van der Waals surface area contributed by atoms with Crippen LogP contribution < -0.4 is 4.74 Å². The van der Waals surface area contributed by atoms with Crippen molar-refractivity contribution in [3.8, 4) is 5.75 Å². The van der Waals surface area contributed by atoms with E-state index < -0.39 is 5.97 Å². The molecule has 0 aliphatic heterocycles. The van der Waals surface area contributed by atoms with Gasteiger partial charge in [0, 0.05) is 6.08 Å². The maximum Gasteiger partial charge on any atom is 0.328 e. The van der Waals surface area contributed by atoms with Gasteiger partial charge >= 0.3 is 5.97 Å². The number of carboxylic acids is 1. The first kappa shape index (κ1) is 11.9. The zero-order valence-electron chi connectivity index (χ0n) is 7.61. The molecular formula is C10H8Cl2O3. The largest absolute Gasteiger partial charge is 0.488 e. The molecule has 3 nitrogen and oxygen atoms in total. The number of hydrogen-bond donors (Lipinski definition) is 1. The van der Waals surface area contributed by atoms with Crippen molar-refractivity contribution in [1.82, 2.24) is 0 Å². The Morgan fingerprint density at radius 3 is 2.87 bits per heavy atom. The Bertz CT molecular complexity index is 388. The number of benzene rings is 1. The summed E-state index contributed by atoms with van der Waals surface area (Å²) in [5, 5.41) is 9.04. The fourth-order valence-corrected chi connectivity index (χ4v) is 1.23. The lowest BCUT2D eigenvalue weighted by Crippen LogP contribution is -1.96. The van der Waals surface area contributed by atoms with Crippen LogP contribution in [0.4, 0.5) is 0 Å². The Kier molecular flexibility index (Phi) is 4.46. The number of carbonyl (C=O) groups is 1. The fraction of sp³-hybridized carbons (Fsp3) is 0.100. The quantitative estimate of drug-likeness (QED) is 0.832. The molecule has 0 aromatic heterocycles. The Hall–Kier alpha value is -1.19. The molecule has 1 aromatic rings. The standard InChI is InChI=1S/C10H8Cl2O3/c11-7-3-1-4-8(10(7)12)15-6-2-5-9(13)14/h1-5H,6H2,(H,13,14). The summed E-state index contributed by atoms with van der Waals surface area (Å²) in [7, 11) is 0. The van der Waals surface area contributed by atoms with Crippen LogP contribution in [0.3, 0.4) is 0 Å². The zero-order valence-corrected chi connectivity index (χ0v) is 9.13. The molecule has 5 heteroatoms. The lowest BCUT2D eigenvalue weighted by Gasteiger charge is -2.05. The summed E-state index contributed by atoms with van der Waals surface area (Å²) in [5.41, 5.74) is 0. The first-order chi connectivity index (χ1) is 7.11. The minimum absolute atomic E-state index is 0.131. The van der Waals surface area contributed by atoms with Crippen LogP contribution >= 0.6 is 23.2 Å². The minimum Gasteiger partial charge on any atom is -0.488 e. The molecule has 0 aliphatic rings. The maximum absolute atomic E-state index is 10.1. The minimum atomic E-state index is -1.02. The van der Waals surface area contributed by atoms with Crippen LogP contribution in [0.25, 0.3) is 0 Å². The molecule has 0 fully saturated rings. The third kappa shape index (κ3) is 3.81. The Morgan fingerprint density at radius 2 is 2.20 bits per heavy atom. The van der Waals surface area contributed by atoms with E-state index in [9.17, 15) is 4.79 Å². The van der Waals surface area contributed by atoms with E-state index in [2.05, 4.69) is 0 Å². The van der Waals surface area contributed by atoms with Gasteiger partial charge in [0.25, 0.3) is 0 Å². The van der Waals surface area contributed by atoms with Gasteiger partial charge in [-0.05, 0) is 18.2 Å². The molecule has 0 amide bonds. The zero-order chi connectivity index (χ0) is 11.3. The van der Waals surface area contributed by atoms with Crippen molar-refractivity contribution < 1.29 is 14.6 Å². The van der Waals surface area contributed by atoms with E-state index in [0.717, 1.165) is 6.08 Å². The normalized spacial score (nSPS) is 10.5. The van der Waals surface area contributed by atoms with E-state index in [1.54, 1.807) is 18.2 Å². The van der Waals surface area contributed by atoms with Gasteiger partial charge in [0.05, 0.1) is 5.02 Å². The second-order valence-corrected chi connectivity index (χ2v) is 3.39. The molecule has 0 unspecified atom stereocenters. The molecule has 0 heterocycles. The second-order valence-electron chi connectivity index (χ2n) is 2.60. The van der Waals surface area contributed by atoms with Crippen LogP contribution in [0.15, 0.2) is 30.4 Å². The van der Waals surface area contributed by atoms with Crippen molar-refractivity contribution in [2.45, 2.75) is 0 Å². The molecule has 0 spiro atoms. The number of carboxylic acid groups (broad SMARTS) is 1. The van der Waals surface area contributed by atoms with Crippen molar-refractivity contribution in [2.75, 3.05) is 6.61 Å². The molecule has 0 bridgehead atoms. The lowest BCUT2D eigenvalue weighted by atomic mass is 10.3. The molecule has 15 heavy (non-hydrogen) atoms. The molecule has 0 saturated carbocycles. The Morgan fingerprint density at radius 1 is 1.47 bits per heavy atom. The van der Waals surface area contributed by atoms with E-state index >= 15 is 0 Å². The molecule has 0 aliphatic carbocycles. The number of ether oxygens (including phenoxy) is 1. The number of hydrogen-bond acceptors (Lipinski definition) is 2. The highest BCUT2D eigenvalue weighted by Gasteiger charge is 2.03. The molecule has 80 valence electrons. The summed E-state index contributed by atoms with van der Waals surface area (Å²) in [6, 6.07) is 5.00. The predicted octanol–water partition coefficient (Wildman–Crippen LogP) is 3.01. The smallest absolute Gasteiger partial charge is 0.328 e. The molecule has 1 N–H and O–H groups in total. The van der Waals surface area contributed by atoms with Gasteiger partial charge in [-0.25, -0.2) is 4.79 Å². The summed E-state index contributed by atoms with van der Waals surface area (Å²) in [6.07, 6.45) is 2.37. The summed E-state index contributed by atoms with van der Waals surface area (Å²) < 4.78 is 5.20. The van der Waals surface area contributed by atoms with Gasteiger partial charge in [0.2, 0.25) is 0 Å². The fourth-order valence-electron chi connectivity index (χ4n) is 0.882. The van der Waals surface area contributed by atoms with E-state index in [-0.39, 0.29) is 6.61 Å². The lowest BCUT2D eigenvalue weighted by molar-refractivity contribution is -0.131. The van der Waals surface area contributed by atoms with Crippen molar-refractivity contribution in [3.63, 3.8) is 0 Å². The highest BCUT2D eigenvalue weighted by atomic mass is 35.5. The van der Waals surface area contributed by atoms with Crippen LogP contribution in [-0.2, 0) is 4.79 Å². The number of aliphatic carboxylic acids is 1. The van der Waals surface area contributed by atoms with Crippen LogP contribution in [0.5, 0.6) is 5.75 Å². The van der Waals surface area contributed by atoms with Gasteiger partial charge in [-0.3, -0.25) is 0 Å². The van der Waals surface area contributed by atoms with Gasteiger partial charge in [0.1, 0.15) is 17.4 Å². The van der Waals surface area contributed by atoms with Crippen molar-refractivity contribution in [1.29, 1.82) is 0 Å². The van der Waals surface area contributed by atoms with Crippen molar-refractivity contribution >= 4 is 29.2 Å². The predicted molar refractivity (Wildman–Crippen MR) is 58.7 cm³/mol. The van der Waals surface area contributed by atoms with Gasteiger partial charge in [-0.2, -0.15) is 0 Å². The van der Waals surface area contributed by atoms with Crippen LogP contribution in [0.2, 0.25) is 10.0 Å². The maximum atomic E-state index is 10.1. The molecular weight excluding hydrogens is 239 g/mol. The molecule has 1 rings (SSSR count). The first-order valence-corrected chi connectivity index (χ1v) is 4.83. The van der Waals surface area contributed by atoms with E-state index in [4.69, 9.17) is 33.0 Å². The highest BCUT2D eigenvalue weighted by molar-refractivity contribution is 6.42. The number of halogens is 2. The SMILES string of the molecule is O=C(O)C=CCOc1cccc(Cl)c1Cl. The van der Waals surface area contributed by atoms with Crippen molar-refractivity contribution in [3.05, 3.63) is 40.4 Å². The van der Waals surface area contributed by atoms with Gasteiger partial charge < -0.3 is 9.84 Å². The average molecular weight is 247 g/mol. The van der Waals surface area contributed by atoms with E-state index in [1.165, 1.54) is 6.08 Å². The Labute approximate surface area is 96.9 Å². The summed E-state index contributed by atoms with van der Waals surface area (Å²) >= 11 is 11.6. The first-order valence-electron chi connectivity index (χ1n) is 4.07. The van der Waals surface area contributed by atoms with E-state index in [0.29, 0.717) is 15.8 Å². The molecule has 1 aromatic carbocycles. The third-order valence-corrected chi connectivity index (χ3v) is 2.31. The molecule has 0 atom stereocenters. The van der Waals surface area contributed by atoms with Gasteiger partial charge in [-0.1, -0.05) is 29.3 Å². The van der Waals surface area contributed by atoms with Gasteiger partial charge in [-0.15, -0.1) is 0 Å². The third-order valence-electron chi connectivity index (χ3n) is 1.51. The average Bonchev–Trinajstić information content (AvgIpc) is 2.18.